The summed E-state index contributed by atoms with van der Waals surface area (Å²) in [5.74, 6) is -0.186. The molecule has 4 heteroatoms. The molecule has 4 nitrogen and oxygen atoms in total. The maximum atomic E-state index is 12.6. The molecule has 3 aromatic carbocycles. The third kappa shape index (κ3) is 3.91. The zero-order valence-corrected chi connectivity index (χ0v) is 17.3. The van der Waals surface area contributed by atoms with E-state index in [4.69, 9.17) is 4.74 Å². The predicted molar refractivity (Wildman–Crippen MR) is 118 cm³/mol. The van der Waals surface area contributed by atoms with Crippen LogP contribution >= 0.6 is 0 Å². The van der Waals surface area contributed by atoms with Crippen LogP contribution in [0.3, 0.4) is 0 Å². The van der Waals surface area contributed by atoms with Crippen molar-refractivity contribution < 1.29 is 14.3 Å². The van der Waals surface area contributed by atoms with Crippen LogP contribution in [0.15, 0.2) is 72.8 Å². The van der Waals surface area contributed by atoms with Crippen LogP contribution in [0.5, 0.6) is 0 Å². The lowest BCUT2D eigenvalue weighted by molar-refractivity contribution is 0.0359. The van der Waals surface area contributed by atoms with Gasteiger partial charge in [-0.2, -0.15) is 0 Å². The van der Waals surface area contributed by atoms with Crippen LogP contribution in [-0.4, -0.2) is 18.3 Å². The van der Waals surface area contributed by atoms with Gasteiger partial charge in [-0.25, -0.2) is 0 Å². The Kier molecular flexibility index (Phi) is 5.51. The molecule has 1 fully saturated rings. The van der Waals surface area contributed by atoms with Crippen molar-refractivity contribution in [2.75, 3.05) is 11.9 Å². The fourth-order valence-electron chi connectivity index (χ4n) is 3.97. The van der Waals surface area contributed by atoms with Gasteiger partial charge in [-0.05, 0) is 74.2 Å². The molecule has 1 saturated heterocycles. The van der Waals surface area contributed by atoms with E-state index in [1.54, 1.807) is 24.3 Å². The summed E-state index contributed by atoms with van der Waals surface area (Å²) in [6, 6.07) is 23.0. The second kappa shape index (κ2) is 8.25. The highest BCUT2D eigenvalue weighted by molar-refractivity contribution is 6.04. The first-order valence-corrected chi connectivity index (χ1v) is 10.2. The van der Waals surface area contributed by atoms with Gasteiger partial charge in [0.15, 0.2) is 5.78 Å². The van der Waals surface area contributed by atoms with Crippen molar-refractivity contribution in [3.05, 3.63) is 101 Å². The Morgan fingerprint density at radius 3 is 1.93 bits per heavy atom. The normalized spacial score (nSPS) is 18.2. The number of Topliss-reactive ketones (excluding diaryl/α,β-unsaturated/α-hetero) is 1. The second-order valence-corrected chi connectivity index (χ2v) is 7.81. The van der Waals surface area contributed by atoms with Crippen LogP contribution in [0.2, 0.25) is 0 Å². The first-order valence-electron chi connectivity index (χ1n) is 10.2. The highest BCUT2D eigenvalue weighted by Gasteiger charge is 2.38. The van der Waals surface area contributed by atoms with Crippen LogP contribution in [0.1, 0.15) is 57.2 Å². The summed E-state index contributed by atoms with van der Waals surface area (Å²) < 4.78 is 6.25. The molecule has 0 radical (unpaired) electrons. The highest BCUT2D eigenvalue weighted by atomic mass is 16.5. The van der Waals surface area contributed by atoms with Gasteiger partial charge in [-0.3, -0.25) is 9.59 Å². The lowest BCUT2D eigenvalue weighted by Gasteiger charge is -2.30. The van der Waals surface area contributed by atoms with E-state index in [0.717, 1.165) is 30.6 Å². The summed E-state index contributed by atoms with van der Waals surface area (Å²) in [6.45, 7) is 4.33. The number of nitrogens with one attached hydrogen (secondary N) is 1. The summed E-state index contributed by atoms with van der Waals surface area (Å²) in [4.78, 5) is 24.0. The van der Waals surface area contributed by atoms with E-state index < -0.39 is 5.60 Å². The molecule has 1 heterocycles. The minimum atomic E-state index is -0.453. The van der Waals surface area contributed by atoms with E-state index in [1.807, 2.05) is 24.3 Å². The van der Waals surface area contributed by atoms with Gasteiger partial charge in [-0.15, -0.1) is 0 Å². The molecule has 1 atom stereocenters. The van der Waals surface area contributed by atoms with Gasteiger partial charge in [0.05, 0.1) is 0 Å². The maximum Gasteiger partial charge on any atom is 0.255 e. The number of aryl methyl sites for hydroxylation is 1. The molecule has 0 saturated carbocycles. The molecule has 1 unspecified atom stereocenters. The number of rotatable bonds is 5. The SMILES string of the molecule is CC(=O)c1ccc(NC(=O)c2ccc(C3(c4ccc(C)cc4)CCCO3)cc2)cc1. The second-order valence-electron chi connectivity index (χ2n) is 7.81. The highest BCUT2D eigenvalue weighted by Crippen LogP contribution is 2.42. The maximum absolute atomic E-state index is 12.6. The Labute approximate surface area is 176 Å². The topological polar surface area (TPSA) is 55.4 Å². The van der Waals surface area contributed by atoms with Crippen molar-refractivity contribution in [3.8, 4) is 0 Å². The lowest BCUT2D eigenvalue weighted by atomic mass is 9.83. The monoisotopic (exact) mass is 399 g/mol. The number of ether oxygens (including phenoxy) is 1. The first kappa shape index (κ1) is 20.0. The third-order valence-electron chi connectivity index (χ3n) is 5.70. The molecule has 0 spiro atoms. The number of benzene rings is 3. The molecule has 1 aliphatic heterocycles. The predicted octanol–water partition coefficient (Wildman–Crippen LogP) is 5.50. The van der Waals surface area contributed by atoms with Crippen molar-refractivity contribution in [2.24, 2.45) is 0 Å². The molecule has 0 aromatic heterocycles. The number of carbonyl (C=O) groups excluding carboxylic acids is 2. The molecular formula is C26H25NO3. The molecule has 1 aliphatic rings. The number of amides is 1. The quantitative estimate of drug-likeness (QED) is 0.576. The van der Waals surface area contributed by atoms with Gasteiger partial charge >= 0.3 is 0 Å². The van der Waals surface area contributed by atoms with Crippen LogP contribution in [0.25, 0.3) is 0 Å². The Balaban J connectivity index is 1.54. The molecule has 0 bridgehead atoms. The number of hydrogen-bond acceptors (Lipinski definition) is 3. The first-order chi connectivity index (χ1) is 14.5. The van der Waals surface area contributed by atoms with Gasteiger partial charge in [-0.1, -0.05) is 42.0 Å². The average molecular weight is 399 g/mol. The zero-order valence-electron chi connectivity index (χ0n) is 17.3. The van der Waals surface area contributed by atoms with Crippen LogP contribution in [0, 0.1) is 6.92 Å². The molecule has 30 heavy (non-hydrogen) atoms. The Hall–Kier alpha value is -3.24. The third-order valence-corrected chi connectivity index (χ3v) is 5.70. The van der Waals surface area contributed by atoms with Gasteiger partial charge < -0.3 is 10.1 Å². The molecule has 3 aromatic rings. The van der Waals surface area contributed by atoms with Crippen molar-refractivity contribution in [2.45, 2.75) is 32.3 Å². The van der Waals surface area contributed by atoms with Crippen molar-refractivity contribution in [1.29, 1.82) is 0 Å². The Morgan fingerprint density at radius 1 is 0.833 bits per heavy atom. The minimum Gasteiger partial charge on any atom is -0.366 e. The van der Waals surface area contributed by atoms with E-state index in [-0.39, 0.29) is 11.7 Å². The minimum absolute atomic E-state index is 0.0000952. The summed E-state index contributed by atoms with van der Waals surface area (Å²) in [7, 11) is 0. The summed E-state index contributed by atoms with van der Waals surface area (Å²) in [5.41, 5.74) is 4.83. The average Bonchev–Trinajstić information content (AvgIpc) is 3.26. The van der Waals surface area contributed by atoms with Crippen molar-refractivity contribution >= 4 is 17.4 Å². The molecule has 1 amide bonds. The molecular weight excluding hydrogens is 374 g/mol. The van der Waals surface area contributed by atoms with Crippen molar-refractivity contribution in [3.63, 3.8) is 0 Å². The van der Waals surface area contributed by atoms with E-state index in [9.17, 15) is 9.59 Å². The van der Waals surface area contributed by atoms with E-state index in [0.29, 0.717) is 16.8 Å². The summed E-state index contributed by atoms with van der Waals surface area (Å²) >= 11 is 0. The van der Waals surface area contributed by atoms with Gasteiger partial charge in [0.25, 0.3) is 5.91 Å². The number of anilines is 1. The molecule has 4 rings (SSSR count). The number of hydrogen-bond donors (Lipinski definition) is 1. The largest absolute Gasteiger partial charge is 0.366 e. The number of ketones is 1. The number of carbonyl (C=O) groups is 2. The van der Waals surface area contributed by atoms with Gasteiger partial charge in [0, 0.05) is 23.4 Å². The molecule has 0 aliphatic carbocycles. The molecule has 152 valence electrons. The summed E-state index contributed by atoms with van der Waals surface area (Å²) in [5, 5.41) is 2.88. The summed E-state index contributed by atoms with van der Waals surface area (Å²) in [6.07, 6.45) is 1.93. The van der Waals surface area contributed by atoms with Gasteiger partial charge in [0.2, 0.25) is 0 Å². The van der Waals surface area contributed by atoms with E-state index in [1.165, 1.54) is 12.5 Å². The fraction of sp³-hybridized carbons (Fsp3) is 0.231. The molecule has 1 N–H and O–H groups in total. The smallest absolute Gasteiger partial charge is 0.255 e. The van der Waals surface area contributed by atoms with Gasteiger partial charge in [0.1, 0.15) is 5.60 Å². The lowest BCUT2D eigenvalue weighted by Crippen LogP contribution is -2.26. The Bertz CT molecular complexity index is 1040. The van der Waals surface area contributed by atoms with Crippen LogP contribution in [-0.2, 0) is 10.3 Å². The van der Waals surface area contributed by atoms with Crippen LogP contribution < -0.4 is 5.32 Å². The Morgan fingerprint density at radius 2 is 1.40 bits per heavy atom. The van der Waals surface area contributed by atoms with Crippen LogP contribution in [0.4, 0.5) is 5.69 Å². The van der Waals surface area contributed by atoms with E-state index in [2.05, 4.69) is 36.5 Å². The van der Waals surface area contributed by atoms with Crippen molar-refractivity contribution in [1.82, 2.24) is 0 Å². The fourth-order valence-corrected chi connectivity index (χ4v) is 3.97. The standard InChI is InChI=1S/C26H25NO3/c1-18-4-10-22(11-5-18)26(16-3-17-30-26)23-12-6-21(7-13-23)25(29)27-24-14-8-20(9-15-24)19(2)28/h4-15H,3,16-17H2,1-2H3,(H,27,29). The zero-order chi connectivity index (χ0) is 21.1. The van der Waals surface area contributed by atoms with E-state index >= 15 is 0 Å².